The summed E-state index contributed by atoms with van der Waals surface area (Å²) in [6.07, 6.45) is 1.67. The number of aromatic amines is 2. The first-order valence-corrected chi connectivity index (χ1v) is 6.87. The van der Waals surface area contributed by atoms with Gasteiger partial charge in [-0.25, -0.2) is 4.79 Å². The first-order valence-electron chi connectivity index (χ1n) is 6.87. The number of fused-ring (bicyclic) bond motifs is 1. The molecule has 3 rings (SSSR count). The van der Waals surface area contributed by atoms with Crippen molar-refractivity contribution in [3.05, 3.63) is 58.5 Å². The fourth-order valence-corrected chi connectivity index (χ4v) is 2.09. The average molecular weight is 310 g/mol. The van der Waals surface area contributed by atoms with Crippen molar-refractivity contribution in [2.75, 3.05) is 6.61 Å². The molecule has 2 aromatic carbocycles. The van der Waals surface area contributed by atoms with Gasteiger partial charge in [0.2, 0.25) is 0 Å². The molecule has 0 atom stereocenters. The molecule has 1 aromatic heterocycles. The van der Waals surface area contributed by atoms with E-state index in [1.807, 2.05) is 6.07 Å². The molecule has 0 saturated heterocycles. The number of nitrogens with zero attached hydrogens (tertiary/aromatic N) is 1. The first-order chi connectivity index (χ1) is 11.1. The van der Waals surface area contributed by atoms with Crippen molar-refractivity contribution in [3.63, 3.8) is 0 Å². The summed E-state index contributed by atoms with van der Waals surface area (Å²) in [6.45, 7) is -0.169. The lowest BCUT2D eigenvalue weighted by molar-refractivity contribution is -0.119. The van der Waals surface area contributed by atoms with Crippen LogP contribution < -0.4 is 16.2 Å². The molecule has 0 fully saturated rings. The molecule has 0 aliphatic heterocycles. The Morgan fingerprint density at radius 2 is 2.00 bits per heavy atom. The monoisotopic (exact) mass is 310 g/mol. The Labute approximate surface area is 130 Å². The van der Waals surface area contributed by atoms with Crippen molar-refractivity contribution in [3.8, 4) is 5.75 Å². The third-order valence-corrected chi connectivity index (χ3v) is 3.10. The molecule has 0 spiro atoms. The summed E-state index contributed by atoms with van der Waals surface area (Å²) >= 11 is 0. The Kier molecular flexibility index (Phi) is 3.92. The van der Waals surface area contributed by atoms with Gasteiger partial charge in [-0.1, -0.05) is 12.1 Å². The van der Waals surface area contributed by atoms with Crippen LogP contribution in [0, 0.1) is 0 Å². The van der Waals surface area contributed by atoms with Crippen LogP contribution in [0.3, 0.4) is 0 Å². The lowest BCUT2D eigenvalue weighted by Gasteiger charge is -2.03. The molecule has 3 aromatic rings. The number of carbonyl (C=O) groups excluding carboxylic acids is 1. The van der Waals surface area contributed by atoms with Gasteiger partial charge in [-0.2, -0.15) is 0 Å². The smallest absolute Gasteiger partial charge is 0.323 e. The zero-order valence-electron chi connectivity index (χ0n) is 12.1. The van der Waals surface area contributed by atoms with Crippen LogP contribution in [0.2, 0.25) is 0 Å². The molecule has 0 radical (unpaired) electrons. The molecule has 7 nitrogen and oxygen atoms in total. The average Bonchev–Trinajstić information content (AvgIpc) is 2.90. The minimum absolute atomic E-state index is 0.169. The molecule has 0 saturated carbocycles. The predicted molar refractivity (Wildman–Crippen MR) is 87.3 cm³/mol. The van der Waals surface area contributed by atoms with Gasteiger partial charge in [0.1, 0.15) is 5.75 Å². The van der Waals surface area contributed by atoms with E-state index in [4.69, 9.17) is 10.5 Å². The summed E-state index contributed by atoms with van der Waals surface area (Å²) in [5.74, 6) is 0.0102. The number of nitrogens with two attached hydrogens (primary N) is 1. The molecule has 0 aliphatic rings. The summed E-state index contributed by atoms with van der Waals surface area (Å²) in [4.78, 5) is 31.7. The van der Waals surface area contributed by atoms with E-state index in [9.17, 15) is 9.59 Å². The summed E-state index contributed by atoms with van der Waals surface area (Å²) in [5, 5.41) is 0. The van der Waals surface area contributed by atoms with Gasteiger partial charge in [0.05, 0.1) is 16.7 Å². The Hall–Kier alpha value is -3.35. The van der Waals surface area contributed by atoms with Gasteiger partial charge < -0.3 is 20.4 Å². The maximum atomic E-state index is 11.2. The second-order valence-corrected chi connectivity index (χ2v) is 4.89. The molecule has 1 heterocycles. The third kappa shape index (κ3) is 3.65. The molecule has 116 valence electrons. The van der Waals surface area contributed by atoms with Gasteiger partial charge >= 0.3 is 5.69 Å². The number of hydrogen-bond acceptors (Lipinski definition) is 4. The highest BCUT2D eigenvalue weighted by Crippen LogP contribution is 2.18. The summed E-state index contributed by atoms with van der Waals surface area (Å²) in [7, 11) is 0. The van der Waals surface area contributed by atoms with E-state index in [1.54, 1.807) is 42.6 Å². The van der Waals surface area contributed by atoms with Gasteiger partial charge in [0.25, 0.3) is 5.91 Å². The van der Waals surface area contributed by atoms with Gasteiger partial charge in [-0.3, -0.25) is 9.79 Å². The number of H-pyrrole nitrogens is 2. The van der Waals surface area contributed by atoms with E-state index in [0.29, 0.717) is 17.0 Å². The molecule has 1 amide bonds. The highest BCUT2D eigenvalue weighted by molar-refractivity contribution is 5.85. The zero-order valence-corrected chi connectivity index (χ0v) is 12.1. The van der Waals surface area contributed by atoms with E-state index in [2.05, 4.69) is 15.0 Å². The molecular weight excluding hydrogens is 296 g/mol. The highest BCUT2D eigenvalue weighted by Gasteiger charge is 2.00. The first kappa shape index (κ1) is 14.6. The van der Waals surface area contributed by atoms with Gasteiger partial charge in [-0.05, 0) is 35.9 Å². The SMILES string of the molecule is NC(=O)COc1cccc(C=Nc2ccc3[nH]c(=O)[nH]c3c2)c1. The molecule has 0 aliphatic carbocycles. The number of carbonyl (C=O) groups is 1. The minimum Gasteiger partial charge on any atom is -0.484 e. The number of primary amides is 1. The fraction of sp³-hybridized carbons (Fsp3) is 0.0625. The number of ether oxygens (including phenoxy) is 1. The van der Waals surface area contributed by atoms with Crippen LogP contribution in [0.1, 0.15) is 5.56 Å². The number of rotatable bonds is 5. The molecule has 23 heavy (non-hydrogen) atoms. The van der Waals surface area contributed by atoms with Crippen molar-refractivity contribution in [2.24, 2.45) is 10.7 Å². The standard InChI is InChI=1S/C16H14N4O3/c17-15(21)9-23-12-3-1-2-10(6-12)8-18-11-4-5-13-14(7-11)20-16(22)19-13/h1-8H,9H2,(H2,17,21)(H2,19,20,22). The van der Waals surface area contributed by atoms with Crippen LogP contribution in [0.5, 0.6) is 5.75 Å². The Morgan fingerprint density at radius 1 is 1.17 bits per heavy atom. The van der Waals surface area contributed by atoms with Gasteiger partial charge in [-0.15, -0.1) is 0 Å². The summed E-state index contributed by atoms with van der Waals surface area (Å²) in [5.41, 5.74) is 7.74. The Bertz CT molecular complexity index is 940. The topological polar surface area (TPSA) is 113 Å². The quantitative estimate of drug-likeness (QED) is 0.620. The normalized spacial score (nSPS) is 11.1. The van der Waals surface area contributed by atoms with Crippen LogP contribution in [-0.4, -0.2) is 28.7 Å². The number of imidazole rings is 1. The van der Waals surface area contributed by atoms with Gasteiger partial charge in [0.15, 0.2) is 6.61 Å². The molecular formula is C16H14N4O3. The second kappa shape index (κ2) is 6.18. The van der Waals surface area contributed by atoms with Gasteiger partial charge in [0, 0.05) is 6.21 Å². The van der Waals surface area contributed by atoms with Crippen molar-refractivity contribution in [2.45, 2.75) is 0 Å². The number of aliphatic imine (C=N–C) groups is 1. The maximum Gasteiger partial charge on any atom is 0.323 e. The van der Waals surface area contributed by atoms with Crippen LogP contribution in [0.4, 0.5) is 5.69 Å². The summed E-state index contributed by atoms with van der Waals surface area (Å²) < 4.78 is 5.24. The number of hydrogen-bond donors (Lipinski definition) is 3. The lowest BCUT2D eigenvalue weighted by atomic mass is 10.2. The molecule has 4 N–H and O–H groups in total. The fourth-order valence-electron chi connectivity index (χ4n) is 2.09. The second-order valence-electron chi connectivity index (χ2n) is 4.89. The maximum absolute atomic E-state index is 11.2. The Balaban J connectivity index is 1.79. The largest absolute Gasteiger partial charge is 0.484 e. The highest BCUT2D eigenvalue weighted by atomic mass is 16.5. The number of nitrogens with one attached hydrogen (secondary N) is 2. The van der Waals surface area contributed by atoms with Crippen molar-refractivity contribution < 1.29 is 9.53 Å². The number of amides is 1. The number of benzene rings is 2. The predicted octanol–water partition coefficient (Wildman–Crippen LogP) is 1.47. The van der Waals surface area contributed by atoms with Crippen molar-refractivity contribution in [1.82, 2.24) is 9.97 Å². The van der Waals surface area contributed by atoms with Crippen molar-refractivity contribution in [1.29, 1.82) is 0 Å². The summed E-state index contributed by atoms with van der Waals surface area (Å²) in [6, 6.07) is 12.5. The van der Waals surface area contributed by atoms with E-state index in [1.165, 1.54) is 0 Å². The lowest BCUT2D eigenvalue weighted by Crippen LogP contribution is -2.20. The molecule has 0 bridgehead atoms. The van der Waals surface area contributed by atoms with Crippen LogP contribution in [0.15, 0.2) is 52.3 Å². The van der Waals surface area contributed by atoms with E-state index < -0.39 is 5.91 Å². The Morgan fingerprint density at radius 3 is 2.83 bits per heavy atom. The number of aromatic nitrogens is 2. The van der Waals surface area contributed by atoms with E-state index in [0.717, 1.165) is 11.1 Å². The van der Waals surface area contributed by atoms with E-state index in [-0.39, 0.29) is 12.3 Å². The zero-order chi connectivity index (χ0) is 16.2. The van der Waals surface area contributed by atoms with Crippen LogP contribution >= 0.6 is 0 Å². The minimum atomic E-state index is -0.530. The molecule has 0 unspecified atom stereocenters. The molecule has 7 heteroatoms. The van der Waals surface area contributed by atoms with Crippen LogP contribution in [0.25, 0.3) is 11.0 Å². The van der Waals surface area contributed by atoms with Crippen molar-refractivity contribution >= 4 is 28.8 Å². The third-order valence-electron chi connectivity index (χ3n) is 3.10. The van der Waals surface area contributed by atoms with E-state index >= 15 is 0 Å². The van der Waals surface area contributed by atoms with Crippen LogP contribution in [-0.2, 0) is 4.79 Å².